The molecule has 0 aliphatic carbocycles. The van der Waals surface area contributed by atoms with E-state index in [1.165, 1.54) is 0 Å². The second-order valence-corrected chi connectivity index (χ2v) is 5.56. The summed E-state index contributed by atoms with van der Waals surface area (Å²) < 4.78 is 12.2. The Bertz CT molecular complexity index is 552. The molecule has 0 saturated heterocycles. The highest BCUT2D eigenvalue weighted by molar-refractivity contribution is 7.22. The van der Waals surface area contributed by atoms with Gasteiger partial charge >= 0.3 is 0 Å². The van der Waals surface area contributed by atoms with E-state index in [1.54, 1.807) is 18.4 Å². The number of rotatable bonds is 6. The number of fused-ring (bicyclic) bond motifs is 1. The standard InChI is InChI=1S/C14H20N2O2S/c1-5-8-15-14-16-12-10(18-9(2)3)6-7-11(17-4)13(12)19-14/h6-7,9H,5,8H2,1-4H3,(H,15,16). The summed E-state index contributed by atoms with van der Waals surface area (Å²) in [7, 11) is 1.68. The Labute approximate surface area is 117 Å². The number of hydrogen-bond acceptors (Lipinski definition) is 5. The Balaban J connectivity index is 2.44. The average Bonchev–Trinajstić information content (AvgIpc) is 2.80. The first-order valence-corrected chi connectivity index (χ1v) is 7.35. The predicted molar refractivity (Wildman–Crippen MR) is 80.7 cm³/mol. The first kappa shape index (κ1) is 13.9. The van der Waals surface area contributed by atoms with E-state index in [0.29, 0.717) is 0 Å². The molecule has 0 amide bonds. The number of nitrogens with zero attached hydrogens (tertiary/aromatic N) is 1. The summed E-state index contributed by atoms with van der Waals surface area (Å²) in [4.78, 5) is 4.61. The quantitative estimate of drug-likeness (QED) is 0.871. The molecular weight excluding hydrogens is 260 g/mol. The Hall–Kier alpha value is -1.49. The highest BCUT2D eigenvalue weighted by Crippen LogP contribution is 2.39. The number of aromatic nitrogens is 1. The zero-order valence-corrected chi connectivity index (χ0v) is 12.6. The summed E-state index contributed by atoms with van der Waals surface area (Å²) in [6, 6.07) is 3.85. The van der Waals surface area contributed by atoms with Crippen molar-refractivity contribution in [1.29, 1.82) is 0 Å². The van der Waals surface area contributed by atoms with Crippen LogP contribution in [0.2, 0.25) is 0 Å². The summed E-state index contributed by atoms with van der Waals surface area (Å²) >= 11 is 1.60. The number of nitrogens with one attached hydrogen (secondary N) is 1. The largest absolute Gasteiger partial charge is 0.495 e. The number of hydrogen-bond donors (Lipinski definition) is 1. The molecule has 5 heteroatoms. The van der Waals surface area contributed by atoms with Crippen LogP contribution in [-0.2, 0) is 0 Å². The van der Waals surface area contributed by atoms with Gasteiger partial charge in [-0.15, -0.1) is 0 Å². The molecule has 0 unspecified atom stereocenters. The number of benzene rings is 1. The number of anilines is 1. The van der Waals surface area contributed by atoms with E-state index in [0.717, 1.165) is 39.8 Å². The first-order chi connectivity index (χ1) is 9.15. The lowest BCUT2D eigenvalue weighted by atomic mass is 10.3. The second-order valence-electron chi connectivity index (χ2n) is 4.56. The van der Waals surface area contributed by atoms with Crippen molar-refractivity contribution in [3.05, 3.63) is 12.1 Å². The van der Waals surface area contributed by atoms with Crippen molar-refractivity contribution in [2.45, 2.75) is 33.3 Å². The van der Waals surface area contributed by atoms with Crippen LogP contribution in [0.1, 0.15) is 27.2 Å². The molecule has 1 heterocycles. The van der Waals surface area contributed by atoms with Gasteiger partial charge in [0.25, 0.3) is 0 Å². The SMILES string of the molecule is CCCNc1nc2c(OC(C)C)ccc(OC)c2s1. The monoisotopic (exact) mass is 280 g/mol. The molecular formula is C14H20N2O2S. The lowest BCUT2D eigenvalue weighted by Crippen LogP contribution is -2.06. The van der Waals surface area contributed by atoms with Crippen LogP contribution in [0.3, 0.4) is 0 Å². The second kappa shape index (κ2) is 6.10. The van der Waals surface area contributed by atoms with Gasteiger partial charge in [0.2, 0.25) is 0 Å². The fourth-order valence-corrected chi connectivity index (χ4v) is 2.78. The van der Waals surface area contributed by atoms with Crippen LogP contribution >= 0.6 is 11.3 Å². The van der Waals surface area contributed by atoms with E-state index in [2.05, 4.69) is 17.2 Å². The average molecular weight is 280 g/mol. The van der Waals surface area contributed by atoms with E-state index in [9.17, 15) is 0 Å². The first-order valence-electron chi connectivity index (χ1n) is 6.53. The predicted octanol–water partition coefficient (Wildman–Crippen LogP) is 3.91. The zero-order chi connectivity index (χ0) is 13.8. The molecule has 0 saturated carbocycles. The smallest absolute Gasteiger partial charge is 0.184 e. The lowest BCUT2D eigenvalue weighted by Gasteiger charge is -2.11. The van der Waals surface area contributed by atoms with Crippen LogP contribution in [0.4, 0.5) is 5.13 Å². The van der Waals surface area contributed by atoms with Crippen molar-refractivity contribution in [3.8, 4) is 11.5 Å². The molecule has 4 nitrogen and oxygen atoms in total. The van der Waals surface area contributed by atoms with Gasteiger partial charge in [0.1, 0.15) is 21.7 Å². The third kappa shape index (κ3) is 3.10. The van der Waals surface area contributed by atoms with Crippen molar-refractivity contribution in [3.63, 3.8) is 0 Å². The fraction of sp³-hybridized carbons (Fsp3) is 0.500. The maximum absolute atomic E-state index is 5.81. The van der Waals surface area contributed by atoms with Gasteiger partial charge in [-0.25, -0.2) is 4.98 Å². The topological polar surface area (TPSA) is 43.4 Å². The minimum Gasteiger partial charge on any atom is -0.495 e. The van der Waals surface area contributed by atoms with Gasteiger partial charge in [-0.2, -0.15) is 0 Å². The van der Waals surface area contributed by atoms with Gasteiger partial charge in [0.05, 0.1) is 13.2 Å². The summed E-state index contributed by atoms with van der Waals surface area (Å²) in [6.45, 7) is 7.08. The van der Waals surface area contributed by atoms with Gasteiger partial charge in [-0.05, 0) is 32.4 Å². The molecule has 0 atom stereocenters. The minimum absolute atomic E-state index is 0.130. The number of ether oxygens (including phenoxy) is 2. The Morgan fingerprint density at radius 2 is 2.05 bits per heavy atom. The molecule has 1 aromatic carbocycles. The Morgan fingerprint density at radius 1 is 1.32 bits per heavy atom. The van der Waals surface area contributed by atoms with Crippen molar-refractivity contribution in [1.82, 2.24) is 4.98 Å². The molecule has 2 aromatic rings. The molecule has 19 heavy (non-hydrogen) atoms. The Morgan fingerprint density at radius 3 is 2.68 bits per heavy atom. The van der Waals surface area contributed by atoms with Crippen LogP contribution in [-0.4, -0.2) is 24.7 Å². The number of methoxy groups -OCH3 is 1. The number of thiazole rings is 1. The third-order valence-corrected chi connectivity index (χ3v) is 3.61. The molecule has 104 valence electrons. The normalized spacial score (nSPS) is 11.0. The van der Waals surface area contributed by atoms with E-state index in [1.807, 2.05) is 26.0 Å². The summed E-state index contributed by atoms with van der Waals surface area (Å²) in [5.41, 5.74) is 0.872. The van der Waals surface area contributed by atoms with Gasteiger partial charge < -0.3 is 14.8 Å². The maximum atomic E-state index is 5.81. The van der Waals surface area contributed by atoms with E-state index < -0.39 is 0 Å². The molecule has 1 N–H and O–H groups in total. The molecule has 2 rings (SSSR count). The van der Waals surface area contributed by atoms with Crippen LogP contribution in [0.25, 0.3) is 10.2 Å². The fourth-order valence-electron chi connectivity index (χ4n) is 1.78. The zero-order valence-electron chi connectivity index (χ0n) is 11.8. The minimum atomic E-state index is 0.130. The van der Waals surface area contributed by atoms with E-state index in [4.69, 9.17) is 9.47 Å². The molecule has 0 aliphatic rings. The van der Waals surface area contributed by atoms with Gasteiger partial charge in [-0.1, -0.05) is 18.3 Å². The molecule has 0 fully saturated rings. The summed E-state index contributed by atoms with van der Waals surface area (Å²) in [5.74, 6) is 1.65. The highest BCUT2D eigenvalue weighted by atomic mass is 32.1. The van der Waals surface area contributed by atoms with Crippen molar-refractivity contribution >= 4 is 26.7 Å². The third-order valence-electron chi connectivity index (χ3n) is 2.58. The van der Waals surface area contributed by atoms with Gasteiger partial charge in [-0.3, -0.25) is 0 Å². The maximum Gasteiger partial charge on any atom is 0.184 e. The van der Waals surface area contributed by atoms with Crippen LogP contribution in [0.15, 0.2) is 12.1 Å². The van der Waals surface area contributed by atoms with Crippen LogP contribution < -0.4 is 14.8 Å². The molecule has 1 aromatic heterocycles. The van der Waals surface area contributed by atoms with Crippen LogP contribution in [0, 0.1) is 0 Å². The molecule has 0 aliphatic heterocycles. The Kier molecular flexibility index (Phi) is 4.47. The van der Waals surface area contributed by atoms with Crippen LogP contribution in [0.5, 0.6) is 11.5 Å². The summed E-state index contributed by atoms with van der Waals surface area (Å²) in [5, 5.41) is 4.22. The van der Waals surface area contributed by atoms with Crippen molar-refractivity contribution in [2.75, 3.05) is 19.0 Å². The molecule has 0 bridgehead atoms. The van der Waals surface area contributed by atoms with Crippen molar-refractivity contribution in [2.24, 2.45) is 0 Å². The highest BCUT2D eigenvalue weighted by Gasteiger charge is 2.14. The van der Waals surface area contributed by atoms with Gasteiger partial charge in [0.15, 0.2) is 5.13 Å². The van der Waals surface area contributed by atoms with E-state index in [-0.39, 0.29) is 6.10 Å². The van der Waals surface area contributed by atoms with Crippen molar-refractivity contribution < 1.29 is 9.47 Å². The molecule has 0 spiro atoms. The molecule has 0 radical (unpaired) electrons. The van der Waals surface area contributed by atoms with Gasteiger partial charge in [0, 0.05) is 6.54 Å². The summed E-state index contributed by atoms with van der Waals surface area (Å²) in [6.07, 6.45) is 1.20. The lowest BCUT2D eigenvalue weighted by molar-refractivity contribution is 0.245. The van der Waals surface area contributed by atoms with E-state index >= 15 is 0 Å².